The van der Waals surface area contributed by atoms with Crippen LogP contribution in [0.4, 0.5) is 0 Å². The van der Waals surface area contributed by atoms with Crippen LogP contribution in [0.25, 0.3) is 0 Å². The molecule has 1 heterocycles. The molecule has 1 aliphatic rings. The molecule has 176 valence electrons. The Balaban J connectivity index is 2.63. The van der Waals surface area contributed by atoms with Crippen LogP contribution >= 0.6 is 23.2 Å². The molecule has 1 aromatic rings. The van der Waals surface area contributed by atoms with E-state index in [0.717, 1.165) is 0 Å². The van der Waals surface area contributed by atoms with Crippen LogP contribution in [0.3, 0.4) is 0 Å². The molecule has 1 aromatic carbocycles. The highest BCUT2D eigenvalue weighted by molar-refractivity contribution is 7.89. The number of hydrogen-bond acceptors (Lipinski definition) is 8. The van der Waals surface area contributed by atoms with Gasteiger partial charge in [0.1, 0.15) is 0 Å². The third-order valence-electron chi connectivity index (χ3n) is 4.60. The van der Waals surface area contributed by atoms with Crippen molar-refractivity contribution in [3.05, 3.63) is 56.3 Å². The van der Waals surface area contributed by atoms with Crippen LogP contribution in [0, 0.1) is 0 Å². The minimum atomic E-state index is -3.72. The highest BCUT2D eigenvalue weighted by atomic mass is 35.5. The van der Waals surface area contributed by atoms with Crippen LogP contribution in [0.1, 0.15) is 25.3 Å². The van der Waals surface area contributed by atoms with Gasteiger partial charge in [-0.05, 0) is 25.5 Å². The first-order valence-corrected chi connectivity index (χ1v) is 12.0. The molecule has 0 amide bonds. The molecule has 0 aromatic heterocycles. The number of esters is 2. The number of rotatable bonds is 9. The Hall–Kier alpha value is -2.11. The molecular formula is C20H24Cl2N2O7S. The maximum Gasteiger partial charge on any atom is 0.336 e. The second-order valence-corrected chi connectivity index (χ2v) is 9.28. The first-order valence-electron chi connectivity index (χ1n) is 9.50. The third kappa shape index (κ3) is 6.23. The van der Waals surface area contributed by atoms with Crippen LogP contribution in [0.5, 0.6) is 0 Å². The number of primary sulfonamides is 1. The van der Waals surface area contributed by atoms with Crippen molar-refractivity contribution in [2.24, 2.45) is 5.14 Å². The van der Waals surface area contributed by atoms with E-state index in [0.29, 0.717) is 11.3 Å². The summed E-state index contributed by atoms with van der Waals surface area (Å²) in [6.45, 7) is 2.97. The highest BCUT2D eigenvalue weighted by Gasteiger charge is 2.40. The molecule has 3 N–H and O–H groups in total. The van der Waals surface area contributed by atoms with Gasteiger partial charge in [0.2, 0.25) is 10.0 Å². The van der Waals surface area contributed by atoms with Crippen molar-refractivity contribution in [3.8, 4) is 0 Å². The minimum absolute atomic E-state index is 0.0672. The van der Waals surface area contributed by atoms with E-state index in [1.807, 2.05) is 0 Å². The predicted molar refractivity (Wildman–Crippen MR) is 120 cm³/mol. The van der Waals surface area contributed by atoms with Crippen molar-refractivity contribution < 1.29 is 32.2 Å². The number of nitrogens with one attached hydrogen (secondary N) is 1. The molecule has 0 saturated carbocycles. The number of benzene rings is 1. The van der Waals surface area contributed by atoms with Crippen LogP contribution in [-0.4, -0.2) is 53.0 Å². The number of sulfonamides is 1. The van der Waals surface area contributed by atoms with Gasteiger partial charge in [-0.25, -0.2) is 23.1 Å². The van der Waals surface area contributed by atoms with Gasteiger partial charge in [0, 0.05) is 5.70 Å². The number of allylic oxidation sites excluding steroid dienone is 1. The van der Waals surface area contributed by atoms with Gasteiger partial charge in [-0.1, -0.05) is 35.3 Å². The molecular weight excluding hydrogens is 483 g/mol. The average Bonchev–Trinajstić information content (AvgIpc) is 2.71. The first-order chi connectivity index (χ1) is 15.0. The molecule has 2 rings (SSSR count). The zero-order chi connectivity index (χ0) is 24.1. The quantitative estimate of drug-likeness (QED) is 0.384. The van der Waals surface area contributed by atoms with E-state index in [-0.39, 0.29) is 46.7 Å². The van der Waals surface area contributed by atoms with Crippen LogP contribution in [0.2, 0.25) is 10.0 Å². The van der Waals surface area contributed by atoms with Crippen molar-refractivity contribution in [3.63, 3.8) is 0 Å². The van der Waals surface area contributed by atoms with E-state index < -0.39 is 33.6 Å². The molecule has 12 heteroatoms. The van der Waals surface area contributed by atoms with Gasteiger partial charge in [-0.15, -0.1) is 0 Å². The predicted octanol–water partition coefficient (Wildman–Crippen LogP) is 2.25. The lowest BCUT2D eigenvalue weighted by Crippen LogP contribution is -2.35. The maximum atomic E-state index is 13.0. The Kier molecular flexibility index (Phi) is 9.11. The number of carbonyl (C=O) groups is 2. The number of hydrogen-bond donors (Lipinski definition) is 2. The van der Waals surface area contributed by atoms with E-state index in [9.17, 15) is 18.0 Å². The number of nitrogens with two attached hydrogens (primary N) is 1. The molecule has 32 heavy (non-hydrogen) atoms. The highest BCUT2D eigenvalue weighted by Crippen LogP contribution is 2.43. The third-order valence-corrected chi connectivity index (χ3v) is 6.17. The van der Waals surface area contributed by atoms with Gasteiger partial charge in [0.05, 0.1) is 65.5 Å². The van der Waals surface area contributed by atoms with Gasteiger partial charge < -0.3 is 19.5 Å². The first kappa shape index (κ1) is 26.1. The summed E-state index contributed by atoms with van der Waals surface area (Å²) >= 11 is 12.6. The molecule has 0 aliphatic carbocycles. The minimum Gasteiger partial charge on any atom is -0.466 e. The average molecular weight is 507 g/mol. The molecule has 0 radical (unpaired) electrons. The second-order valence-electron chi connectivity index (χ2n) is 6.76. The van der Waals surface area contributed by atoms with Crippen LogP contribution in [-0.2, 0) is 33.8 Å². The van der Waals surface area contributed by atoms with Crippen LogP contribution < -0.4 is 10.5 Å². The fourth-order valence-electron chi connectivity index (χ4n) is 3.24. The van der Waals surface area contributed by atoms with Gasteiger partial charge in [0.25, 0.3) is 0 Å². The Morgan fingerprint density at radius 3 is 2.47 bits per heavy atom. The lowest BCUT2D eigenvalue weighted by Gasteiger charge is -2.31. The van der Waals surface area contributed by atoms with Crippen molar-refractivity contribution in [1.29, 1.82) is 0 Å². The van der Waals surface area contributed by atoms with Crippen molar-refractivity contribution in [1.82, 2.24) is 5.32 Å². The summed E-state index contributed by atoms with van der Waals surface area (Å²) in [6, 6.07) is 4.86. The Morgan fingerprint density at radius 2 is 1.88 bits per heavy atom. The summed E-state index contributed by atoms with van der Waals surface area (Å²) in [6.07, 6.45) is 0. The Bertz CT molecular complexity index is 1070. The summed E-state index contributed by atoms with van der Waals surface area (Å²) in [4.78, 5) is 25.7. The zero-order valence-electron chi connectivity index (χ0n) is 17.7. The van der Waals surface area contributed by atoms with E-state index in [4.69, 9.17) is 42.6 Å². The molecule has 0 fully saturated rings. The summed E-state index contributed by atoms with van der Waals surface area (Å²) in [5.41, 5.74) is 1.29. The van der Waals surface area contributed by atoms with Crippen molar-refractivity contribution in [2.45, 2.75) is 19.8 Å². The number of carbonyl (C=O) groups excluding carboxylic acids is 2. The fraction of sp³-hybridized carbons (Fsp3) is 0.400. The standard InChI is InChI=1S/C20H24Cl2N2O7S/c1-4-31-20(26)17-14(10-30-8-9-32(23,27)28)24-11(2)15(19(25)29-3)16(17)12-6-5-7-13(21)18(12)22/h5-7,16,24H,4,8-10H2,1-3H3,(H2,23,27,28). The summed E-state index contributed by atoms with van der Waals surface area (Å²) in [7, 11) is -2.50. The molecule has 0 saturated heterocycles. The van der Waals surface area contributed by atoms with E-state index in [2.05, 4.69) is 5.32 Å². The maximum absolute atomic E-state index is 13.0. The number of dihydropyridines is 1. The van der Waals surface area contributed by atoms with Crippen molar-refractivity contribution in [2.75, 3.05) is 32.7 Å². The molecule has 1 aliphatic heterocycles. The molecule has 9 nitrogen and oxygen atoms in total. The monoisotopic (exact) mass is 506 g/mol. The molecule has 0 spiro atoms. The summed E-state index contributed by atoms with van der Waals surface area (Å²) in [5, 5.41) is 8.36. The number of halogens is 2. The lowest BCUT2D eigenvalue weighted by molar-refractivity contribution is -0.139. The summed E-state index contributed by atoms with van der Waals surface area (Å²) < 4.78 is 37.9. The largest absolute Gasteiger partial charge is 0.466 e. The Labute approximate surface area is 196 Å². The molecule has 0 bridgehead atoms. The zero-order valence-corrected chi connectivity index (χ0v) is 20.1. The number of methoxy groups -OCH3 is 1. The topological polar surface area (TPSA) is 134 Å². The normalized spacial score (nSPS) is 16.6. The lowest BCUT2D eigenvalue weighted by atomic mass is 9.80. The Morgan fingerprint density at radius 1 is 1.19 bits per heavy atom. The van der Waals surface area contributed by atoms with Gasteiger partial charge in [-0.2, -0.15) is 0 Å². The SMILES string of the molecule is CCOC(=O)C1=C(COCCS(N)(=O)=O)NC(C)=C(C(=O)OC)C1c1cccc(Cl)c1Cl. The smallest absolute Gasteiger partial charge is 0.336 e. The van der Waals surface area contributed by atoms with Crippen molar-refractivity contribution >= 4 is 45.2 Å². The van der Waals surface area contributed by atoms with Crippen LogP contribution in [0.15, 0.2) is 40.7 Å². The van der Waals surface area contributed by atoms with E-state index in [1.54, 1.807) is 32.0 Å². The van der Waals surface area contributed by atoms with E-state index in [1.165, 1.54) is 7.11 Å². The van der Waals surface area contributed by atoms with Gasteiger partial charge >= 0.3 is 11.9 Å². The molecule has 1 atom stereocenters. The number of ether oxygens (including phenoxy) is 3. The summed E-state index contributed by atoms with van der Waals surface area (Å²) in [5.74, 6) is -2.75. The second kappa shape index (κ2) is 11.2. The van der Waals surface area contributed by atoms with E-state index >= 15 is 0 Å². The van der Waals surface area contributed by atoms with Gasteiger partial charge in [0.15, 0.2) is 0 Å². The fourth-order valence-corrected chi connectivity index (χ4v) is 4.01. The molecule has 1 unspecified atom stereocenters. The van der Waals surface area contributed by atoms with Gasteiger partial charge in [-0.3, -0.25) is 0 Å².